The zero-order chi connectivity index (χ0) is 19.3. The summed E-state index contributed by atoms with van der Waals surface area (Å²) in [4.78, 5) is 28.6. The Bertz CT molecular complexity index is 1130. The highest BCUT2D eigenvalue weighted by Gasteiger charge is 2.09. The van der Waals surface area contributed by atoms with Crippen LogP contribution in [0, 0.1) is 0 Å². The minimum atomic E-state index is -0.565. The summed E-state index contributed by atoms with van der Waals surface area (Å²) in [6.07, 6.45) is 2.70. The van der Waals surface area contributed by atoms with Gasteiger partial charge in [0.15, 0.2) is 11.4 Å². The zero-order valence-electron chi connectivity index (χ0n) is 14.7. The third kappa shape index (κ3) is 3.88. The first kappa shape index (κ1) is 17.4. The van der Waals surface area contributed by atoms with Crippen molar-refractivity contribution in [2.45, 2.75) is 0 Å². The Morgan fingerprint density at radius 2 is 1.50 bits per heavy atom. The predicted molar refractivity (Wildman–Crippen MR) is 105 cm³/mol. The van der Waals surface area contributed by atoms with Crippen LogP contribution in [0.15, 0.2) is 89.4 Å². The normalized spacial score (nSPS) is 11.0. The molecule has 0 saturated carbocycles. The predicted octanol–water partition coefficient (Wildman–Crippen LogP) is 4.68. The van der Waals surface area contributed by atoms with E-state index in [9.17, 15) is 9.59 Å². The summed E-state index contributed by atoms with van der Waals surface area (Å²) in [5.41, 5.74) is 2.49. The molecular weight excluding hydrogens is 354 g/mol. The summed E-state index contributed by atoms with van der Waals surface area (Å²) in [6, 6.07) is 22.8. The van der Waals surface area contributed by atoms with Crippen molar-refractivity contribution in [1.29, 1.82) is 0 Å². The van der Waals surface area contributed by atoms with Gasteiger partial charge in [0.2, 0.25) is 5.89 Å². The van der Waals surface area contributed by atoms with Crippen molar-refractivity contribution in [3.63, 3.8) is 0 Å². The van der Waals surface area contributed by atoms with E-state index in [4.69, 9.17) is 9.15 Å². The van der Waals surface area contributed by atoms with Crippen molar-refractivity contribution in [1.82, 2.24) is 4.98 Å². The van der Waals surface area contributed by atoms with Crippen molar-refractivity contribution in [3.05, 3.63) is 102 Å². The molecule has 0 fully saturated rings. The molecule has 136 valence electrons. The van der Waals surface area contributed by atoms with Gasteiger partial charge in [-0.05, 0) is 36.4 Å². The number of esters is 1. The van der Waals surface area contributed by atoms with Crippen LogP contribution in [0.5, 0.6) is 5.75 Å². The van der Waals surface area contributed by atoms with E-state index in [0.717, 1.165) is 0 Å². The largest absolute Gasteiger partial charge is 0.437 e. The molecular formula is C23H15NO4. The lowest BCUT2D eigenvalue weighted by atomic mass is 10.0. The van der Waals surface area contributed by atoms with Gasteiger partial charge in [0.05, 0.1) is 0 Å². The Morgan fingerprint density at radius 3 is 2.25 bits per heavy atom. The molecule has 0 atom stereocenters. The van der Waals surface area contributed by atoms with Gasteiger partial charge in [-0.2, -0.15) is 0 Å². The number of fused-ring (bicyclic) bond motifs is 1. The number of benzene rings is 3. The lowest BCUT2D eigenvalue weighted by molar-refractivity contribution is -0.128. The number of aromatic nitrogens is 1. The molecule has 3 aromatic carbocycles. The monoisotopic (exact) mass is 369 g/mol. The number of hydrogen-bond acceptors (Lipinski definition) is 5. The van der Waals surface area contributed by atoms with Gasteiger partial charge >= 0.3 is 5.97 Å². The second kappa shape index (κ2) is 7.72. The SMILES string of the molecule is O=C(/C=C/c1nc2ccccc2o1)Oc1ccc(C(=O)c2ccccc2)cc1. The maximum absolute atomic E-state index is 12.4. The minimum Gasteiger partial charge on any atom is -0.437 e. The topological polar surface area (TPSA) is 69.4 Å². The summed E-state index contributed by atoms with van der Waals surface area (Å²) in [6.45, 7) is 0. The number of oxazole rings is 1. The molecule has 0 spiro atoms. The van der Waals surface area contributed by atoms with E-state index in [2.05, 4.69) is 4.98 Å². The van der Waals surface area contributed by atoms with Gasteiger partial charge in [0.1, 0.15) is 11.3 Å². The van der Waals surface area contributed by atoms with Gasteiger partial charge in [-0.3, -0.25) is 4.79 Å². The van der Waals surface area contributed by atoms with Gasteiger partial charge in [-0.1, -0.05) is 42.5 Å². The molecule has 0 saturated heterocycles. The van der Waals surface area contributed by atoms with E-state index in [0.29, 0.717) is 33.9 Å². The Morgan fingerprint density at radius 1 is 0.821 bits per heavy atom. The lowest BCUT2D eigenvalue weighted by Gasteiger charge is -2.04. The molecule has 0 aliphatic heterocycles. The highest BCUT2D eigenvalue weighted by molar-refractivity contribution is 6.09. The molecule has 28 heavy (non-hydrogen) atoms. The second-order valence-electron chi connectivity index (χ2n) is 5.99. The summed E-state index contributed by atoms with van der Waals surface area (Å²) < 4.78 is 10.8. The van der Waals surface area contributed by atoms with E-state index in [-0.39, 0.29) is 5.78 Å². The van der Waals surface area contributed by atoms with E-state index in [1.54, 1.807) is 42.5 Å². The van der Waals surface area contributed by atoms with Crippen LogP contribution in [-0.2, 0) is 4.79 Å². The molecule has 0 aliphatic rings. The van der Waals surface area contributed by atoms with Crippen LogP contribution in [0.2, 0.25) is 0 Å². The fraction of sp³-hybridized carbons (Fsp3) is 0. The molecule has 5 nitrogen and oxygen atoms in total. The summed E-state index contributed by atoms with van der Waals surface area (Å²) >= 11 is 0. The average Bonchev–Trinajstić information content (AvgIpc) is 3.16. The Balaban J connectivity index is 1.41. The van der Waals surface area contributed by atoms with Crippen LogP contribution in [0.1, 0.15) is 21.8 Å². The third-order valence-electron chi connectivity index (χ3n) is 4.04. The van der Waals surface area contributed by atoms with Crippen molar-refractivity contribution < 1.29 is 18.7 Å². The first-order valence-corrected chi connectivity index (χ1v) is 8.64. The van der Waals surface area contributed by atoms with Crippen LogP contribution < -0.4 is 4.74 Å². The average molecular weight is 369 g/mol. The second-order valence-corrected chi connectivity index (χ2v) is 5.99. The molecule has 0 bridgehead atoms. The molecule has 5 heteroatoms. The zero-order valence-corrected chi connectivity index (χ0v) is 14.7. The molecule has 1 heterocycles. The Hall–Kier alpha value is -3.99. The molecule has 0 N–H and O–H groups in total. The summed E-state index contributed by atoms with van der Waals surface area (Å²) in [7, 11) is 0. The molecule has 4 rings (SSSR count). The summed E-state index contributed by atoms with van der Waals surface area (Å²) in [5, 5.41) is 0. The van der Waals surface area contributed by atoms with Gasteiger partial charge in [-0.25, -0.2) is 9.78 Å². The number of carbonyl (C=O) groups is 2. The van der Waals surface area contributed by atoms with Crippen LogP contribution in [0.25, 0.3) is 17.2 Å². The number of rotatable bonds is 5. The van der Waals surface area contributed by atoms with Crippen LogP contribution in [-0.4, -0.2) is 16.7 Å². The maximum Gasteiger partial charge on any atom is 0.336 e. The van der Waals surface area contributed by atoms with E-state index >= 15 is 0 Å². The number of hydrogen-bond donors (Lipinski definition) is 0. The molecule has 0 aliphatic carbocycles. The number of nitrogens with zero attached hydrogens (tertiary/aromatic N) is 1. The maximum atomic E-state index is 12.4. The van der Waals surface area contributed by atoms with Gasteiger partial charge in [0.25, 0.3) is 0 Å². The van der Waals surface area contributed by atoms with E-state index < -0.39 is 5.97 Å². The van der Waals surface area contributed by atoms with Crippen LogP contribution in [0.3, 0.4) is 0 Å². The molecule has 0 unspecified atom stereocenters. The Kier molecular flexibility index (Phi) is 4.80. The highest BCUT2D eigenvalue weighted by atomic mass is 16.5. The fourth-order valence-electron chi connectivity index (χ4n) is 2.68. The van der Waals surface area contributed by atoms with Crippen molar-refractivity contribution in [2.24, 2.45) is 0 Å². The van der Waals surface area contributed by atoms with Gasteiger partial charge in [0, 0.05) is 23.3 Å². The molecule has 0 amide bonds. The van der Waals surface area contributed by atoms with Gasteiger partial charge in [-0.15, -0.1) is 0 Å². The van der Waals surface area contributed by atoms with E-state index in [1.165, 1.54) is 12.2 Å². The molecule has 0 radical (unpaired) electrons. The third-order valence-corrected chi connectivity index (χ3v) is 4.04. The number of carbonyl (C=O) groups excluding carboxylic acids is 2. The molecule has 1 aromatic heterocycles. The van der Waals surface area contributed by atoms with Crippen LogP contribution >= 0.6 is 0 Å². The number of para-hydroxylation sites is 2. The van der Waals surface area contributed by atoms with Crippen molar-refractivity contribution >= 4 is 28.9 Å². The first-order valence-electron chi connectivity index (χ1n) is 8.64. The Labute approximate surface area is 160 Å². The van der Waals surface area contributed by atoms with Crippen LogP contribution in [0.4, 0.5) is 0 Å². The smallest absolute Gasteiger partial charge is 0.336 e. The lowest BCUT2D eigenvalue weighted by Crippen LogP contribution is -2.05. The molecule has 4 aromatic rings. The summed E-state index contributed by atoms with van der Waals surface area (Å²) in [5.74, 6) is 0.0116. The van der Waals surface area contributed by atoms with Crippen molar-refractivity contribution in [2.75, 3.05) is 0 Å². The van der Waals surface area contributed by atoms with Gasteiger partial charge < -0.3 is 9.15 Å². The van der Waals surface area contributed by atoms with Crippen molar-refractivity contribution in [3.8, 4) is 5.75 Å². The number of ketones is 1. The standard InChI is InChI=1S/C23H15NO4/c25-22(15-14-21-24-19-8-4-5-9-20(19)28-21)27-18-12-10-17(11-13-18)23(26)16-6-2-1-3-7-16/h1-15H/b15-14+. The number of ether oxygens (including phenoxy) is 1. The first-order chi connectivity index (χ1) is 13.7. The highest BCUT2D eigenvalue weighted by Crippen LogP contribution is 2.17. The minimum absolute atomic E-state index is 0.0886. The fourth-order valence-corrected chi connectivity index (χ4v) is 2.68. The van der Waals surface area contributed by atoms with E-state index in [1.807, 2.05) is 36.4 Å². The quantitative estimate of drug-likeness (QED) is 0.221.